The molecule has 1 aromatic carbocycles. The van der Waals surface area contributed by atoms with Crippen molar-refractivity contribution in [3.63, 3.8) is 0 Å². The zero-order valence-electron chi connectivity index (χ0n) is 10.1. The van der Waals surface area contributed by atoms with Crippen LogP contribution in [-0.4, -0.2) is 11.7 Å². The van der Waals surface area contributed by atoms with Crippen LogP contribution in [-0.2, 0) is 6.42 Å². The van der Waals surface area contributed by atoms with Gasteiger partial charge in [0.1, 0.15) is 0 Å². The molecular formula is C14H21ClO. The van der Waals surface area contributed by atoms with Gasteiger partial charge in [-0.15, -0.1) is 0 Å². The van der Waals surface area contributed by atoms with Crippen LogP contribution in [0.3, 0.4) is 0 Å². The molecule has 90 valence electrons. The van der Waals surface area contributed by atoms with E-state index in [0.29, 0.717) is 11.8 Å². The Morgan fingerprint density at radius 3 is 2.25 bits per heavy atom. The minimum Gasteiger partial charge on any atom is -0.396 e. The second-order valence-electron chi connectivity index (χ2n) is 4.31. The number of halogens is 1. The van der Waals surface area contributed by atoms with Crippen molar-refractivity contribution in [2.45, 2.75) is 33.1 Å². The number of benzene rings is 1. The predicted octanol–water partition coefficient (Wildman–Crippen LogP) is 3.93. The number of aliphatic hydroxyl groups is 1. The van der Waals surface area contributed by atoms with Crippen molar-refractivity contribution >= 4 is 11.6 Å². The van der Waals surface area contributed by atoms with Gasteiger partial charge in [0.2, 0.25) is 0 Å². The van der Waals surface area contributed by atoms with Gasteiger partial charge in [-0.1, -0.05) is 56.5 Å². The van der Waals surface area contributed by atoms with Crippen LogP contribution < -0.4 is 0 Å². The second-order valence-corrected chi connectivity index (χ2v) is 4.72. The maximum atomic E-state index is 9.47. The fourth-order valence-electron chi connectivity index (χ4n) is 2.28. The fourth-order valence-corrected chi connectivity index (χ4v) is 2.49. The van der Waals surface area contributed by atoms with Gasteiger partial charge in [-0.2, -0.15) is 0 Å². The predicted molar refractivity (Wildman–Crippen MR) is 69.8 cm³/mol. The third kappa shape index (κ3) is 3.50. The van der Waals surface area contributed by atoms with E-state index in [-0.39, 0.29) is 6.61 Å². The van der Waals surface area contributed by atoms with Crippen molar-refractivity contribution in [3.05, 3.63) is 34.9 Å². The minimum atomic E-state index is 0.248. The summed E-state index contributed by atoms with van der Waals surface area (Å²) in [6, 6.07) is 7.91. The topological polar surface area (TPSA) is 20.2 Å². The fraction of sp³-hybridized carbons (Fsp3) is 0.571. The van der Waals surface area contributed by atoms with Crippen LogP contribution in [0.2, 0.25) is 5.02 Å². The lowest BCUT2D eigenvalue weighted by atomic mass is 9.84. The molecule has 16 heavy (non-hydrogen) atoms. The number of aliphatic hydroxyl groups excluding tert-OH is 1. The van der Waals surface area contributed by atoms with E-state index in [0.717, 1.165) is 29.8 Å². The first-order valence-electron chi connectivity index (χ1n) is 6.07. The summed E-state index contributed by atoms with van der Waals surface area (Å²) in [6.45, 7) is 4.62. The molecule has 1 rings (SSSR count). The van der Waals surface area contributed by atoms with E-state index >= 15 is 0 Å². The molecular weight excluding hydrogens is 220 g/mol. The van der Waals surface area contributed by atoms with Crippen molar-refractivity contribution in [3.8, 4) is 0 Å². The highest BCUT2D eigenvalue weighted by Crippen LogP contribution is 2.26. The van der Waals surface area contributed by atoms with Crippen LogP contribution >= 0.6 is 11.6 Å². The summed E-state index contributed by atoms with van der Waals surface area (Å²) in [5.41, 5.74) is 1.15. The Balaban J connectivity index is 2.73. The van der Waals surface area contributed by atoms with E-state index < -0.39 is 0 Å². The van der Waals surface area contributed by atoms with Gasteiger partial charge in [0.15, 0.2) is 0 Å². The highest BCUT2D eigenvalue weighted by molar-refractivity contribution is 6.31. The first-order chi connectivity index (χ1) is 7.72. The lowest BCUT2D eigenvalue weighted by molar-refractivity contribution is 0.167. The zero-order valence-corrected chi connectivity index (χ0v) is 10.9. The van der Waals surface area contributed by atoms with Crippen LogP contribution in [0.25, 0.3) is 0 Å². The van der Waals surface area contributed by atoms with Crippen LogP contribution in [0.1, 0.15) is 32.3 Å². The molecule has 0 heterocycles. The summed E-state index contributed by atoms with van der Waals surface area (Å²) in [6.07, 6.45) is 3.11. The molecule has 0 fully saturated rings. The number of rotatable bonds is 6. The van der Waals surface area contributed by atoms with Gasteiger partial charge in [0, 0.05) is 11.6 Å². The molecule has 1 unspecified atom stereocenters. The lowest BCUT2D eigenvalue weighted by Gasteiger charge is -2.23. The highest BCUT2D eigenvalue weighted by atomic mass is 35.5. The number of hydrogen-bond acceptors (Lipinski definition) is 1. The van der Waals surface area contributed by atoms with Gasteiger partial charge in [-0.3, -0.25) is 0 Å². The highest BCUT2D eigenvalue weighted by Gasteiger charge is 2.18. The maximum Gasteiger partial charge on any atom is 0.0465 e. The summed E-state index contributed by atoms with van der Waals surface area (Å²) >= 11 is 6.13. The molecule has 0 saturated carbocycles. The molecule has 0 radical (unpaired) electrons. The Bertz CT molecular complexity index is 307. The van der Waals surface area contributed by atoms with Gasteiger partial charge in [-0.25, -0.2) is 0 Å². The smallest absolute Gasteiger partial charge is 0.0465 e. The number of hydrogen-bond donors (Lipinski definition) is 1. The first kappa shape index (κ1) is 13.5. The van der Waals surface area contributed by atoms with Gasteiger partial charge in [-0.05, 0) is 29.9 Å². The first-order valence-corrected chi connectivity index (χ1v) is 6.44. The zero-order chi connectivity index (χ0) is 12.0. The molecule has 0 bridgehead atoms. The quantitative estimate of drug-likeness (QED) is 0.799. The third-order valence-electron chi connectivity index (χ3n) is 3.39. The largest absolute Gasteiger partial charge is 0.396 e. The molecule has 2 heteroatoms. The Kier molecular flexibility index (Phi) is 5.86. The van der Waals surface area contributed by atoms with E-state index in [1.165, 1.54) is 0 Å². The Morgan fingerprint density at radius 1 is 1.12 bits per heavy atom. The van der Waals surface area contributed by atoms with Crippen LogP contribution in [0.4, 0.5) is 0 Å². The summed E-state index contributed by atoms with van der Waals surface area (Å²) in [7, 11) is 0. The standard InChI is InChI=1S/C14H21ClO/c1-3-11(4-2)13(10-16)9-12-7-5-6-8-14(12)15/h5-8,11,13,16H,3-4,9-10H2,1-2H3. The second kappa shape index (κ2) is 6.93. The monoisotopic (exact) mass is 240 g/mol. The Hall–Kier alpha value is -0.530. The van der Waals surface area contributed by atoms with Crippen molar-refractivity contribution < 1.29 is 5.11 Å². The summed E-state index contributed by atoms with van der Waals surface area (Å²) in [5, 5.41) is 10.3. The van der Waals surface area contributed by atoms with Crippen LogP contribution in [0.15, 0.2) is 24.3 Å². The van der Waals surface area contributed by atoms with Crippen molar-refractivity contribution in [1.29, 1.82) is 0 Å². The van der Waals surface area contributed by atoms with Crippen molar-refractivity contribution in [2.24, 2.45) is 11.8 Å². The SMILES string of the molecule is CCC(CC)C(CO)Cc1ccccc1Cl. The van der Waals surface area contributed by atoms with Crippen LogP contribution in [0, 0.1) is 11.8 Å². The summed E-state index contributed by atoms with van der Waals surface area (Å²) < 4.78 is 0. The lowest BCUT2D eigenvalue weighted by Crippen LogP contribution is -2.20. The Morgan fingerprint density at radius 2 is 1.75 bits per heavy atom. The molecule has 0 aliphatic heterocycles. The van der Waals surface area contributed by atoms with Gasteiger partial charge < -0.3 is 5.11 Å². The summed E-state index contributed by atoms with van der Waals surface area (Å²) in [5.74, 6) is 0.913. The third-order valence-corrected chi connectivity index (χ3v) is 3.76. The van der Waals surface area contributed by atoms with E-state index in [9.17, 15) is 5.11 Å². The molecule has 0 aromatic heterocycles. The van der Waals surface area contributed by atoms with Crippen molar-refractivity contribution in [2.75, 3.05) is 6.61 Å². The molecule has 0 amide bonds. The van der Waals surface area contributed by atoms with E-state index in [1.54, 1.807) is 0 Å². The molecule has 0 aliphatic rings. The molecule has 0 saturated heterocycles. The molecule has 0 aliphatic carbocycles. The normalized spacial score (nSPS) is 13.1. The minimum absolute atomic E-state index is 0.248. The van der Waals surface area contributed by atoms with Crippen LogP contribution in [0.5, 0.6) is 0 Å². The molecule has 1 atom stereocenters. The average Bonchev–Trinajstić information content (AvgIpc) is 2.31. The van der Waals surface area contributed by atoms with E-state index in [1.807, 2.05) is 24.3 Å². The Labute approximate surface area is 103 Å². The van der Waals surface area contributed by atoms with Gasteiger partial charge in [0.05, 0.1) is 0 Å². The maximum absolute atomic E-state index is 9.47. The molecule has 1 aromatic rings. The van der Waals surface area contributed by atoms with Gasteiger partial charge >= 0.3 is 0 Å². The van der Waals surface area contributed by atoms with Gasteiger partial charge in [0.25, 0.3) is 0 Å². The molecule has 1 nitrogen and oxygen atoms in total. The van der Waals surface area contributed by atoms with E-state index in [4.69, 9.17) is 11.6 Å². The molecule has 1 N–H and O–H groups in total. The molecule has 0 spiro atoms. The average molecular weight is 241 g/mol. The van der Waals surface area contributed by atoms with Crippen molar-refractivity contribution in [1.82, 2.24) is 0 Å². The van der Waals surface area contributed by atoms with E-state index in [2.05, 4.69) is 13.8 Å². The summed E-state index contributed by atoms with van der Waals surface area (Å²) in [4.78, 5) is 0.